The van der Waals surface area contributed by atoms with Crippen LogP contribution in [-0.4, -0.2) is 4.73 Å². The van der Waals surface area contributed by atoms with Gasteiger partial charge >= 0.3 is 46.5 Å². The molecule has 0 fully saturated rings. The van der Waals surface area contributed by atoms with E-state index in [2.05, 4.69) is 17.0 Å². The molecule has 0 saturated carbocycles. The Balaban J connectivity index is 3.17. The Kier molecular flexibility index (Phi) is 4.88. The van der Waals surface area contributed by atoms with Crippen molar-refractivity contribution in [3.8, 4) is 0 Å². The Hall–Kier alpha value is -0.0656. The summed E-state index contributed by atoms with van der Waals surface area (Å²) in [6.45, 7) is 4.98. The van der Waals surface area contributed by atoms with Crippen molar-refractivity contribution in [3.63, 3.8) is 0 Å². The van der Waals surface area contributed by atoms with Crippen molar-refractivity contribution < 1.29 is 17.0 Å². The Labute approximate surface area is 47.1 Å². The molecule has 0 nitrogen and oxygen atoms in total. The Morgan fingerprint density at radius 2 is 2.00 bits per heavy atom. The van der Waals surface area contributed by atoms with Crippen LogP contribution in [0.2, 0.25) is 0 Å². The number of hydrogen-bond acceptors (Lipinski definition) is 0. The Bertz CT molecular complexity index is 62.0. The molecule has 0 bridgehead atoms. The minimum atomic E-state index is 1.49. The van der Waals surface area contributed by atoms with Crippen molar-refractivity contribution in [2.45, 2.75) is 0 Å². The van der Waals surface area contributed by atoms with Crippen molar-refractivity contribution in [2.24, 2.45) is 0 Å². The van der Waals surface area contributed by atoms with Crippen LogP contribution >= 0.6 is 0 Å². The fraction of sp³-hybridized carbons (Fsp3) is 0. The maximum atomic E-state index is 4.98. The molecule has 0 aliphatic carbocycles. The summed E-state index contributed by atoms with van der Waals surface area (Å²) in [6.07, 6.45) is 5.10. The van der Waals surface area contributed by atoms with Gasteiger partial charge in [0.1, 0.15) is 0 Å². The van der Waals surface area contributed by atoms with Crippen LogP contribution in [-0.2, 0) is 17.0 Å². The van der Waals surface area contributed by atoms with Gasteiger partial charge < -0.3 is 0 Å². The molecule has 0 unspecified atom stereocenters. The summed E-state index contributed by atoms with van der Waals surface area (Å²) in [6, 6.07) is 0. The van der Waals surface area contributed by atoms with Crippen LogP contribution in [0, 0.1) is 6.58 Å². The van der Waals surface area contributed by atoms with Crippen LogP contribution in [0.1, 0.15) is 0 Å². The molecule has 0 aromatic rings. The van der Waals surface area contributed by atoms with E-state index in [-0.39, 0.29) is 0 Å². The third-order valence-electron chi connectivity index (χ3n) is 0.308. The molecule has 0 aliphatic heterocycles. The molecule has 0 amide bonds. The second kappa shape index (κ2) is 4.93. The number of allylic oxidation sites excluding steroid dienone is 3. The van der Waals surface area contributed by atoms with Crippen LogP contribution in [0.4, 0.5) is 0 Å². The van der Waals surface area contributed by atoms with Gasteiger partial charge in [0.05, 0.1) is 0 Å². The summed E-state index contributed by atoms with van der Waals surface area (Å²) < 4.78 is 1.86. The van der Waals surface area contributed by atoms with Crippen molar-refractivity contribution in [2.75, 3.05) is 0 Å². The third-order valence-corrected chi connectivity index (χ3v) is 0.577. The van der Waals surface area contributed by atoms with Gasteiger partial charge in [-0.15, -0.1) is 0 Å². The van der Waals surface area contributed by atoms with Gasteiger partial charge in [-0.25, -0.2) is 0 Å². The van der Waals surface area contributed by atoms with Gasteiger partial charge in [-0.1, -0.05) is 0 Å². The molecule has 0 N–H and O–H groups in total. The summed E-state index contributed by atoms with van der Waals surface area (Å²) in [4.78, 5) is 0. The summed E-state index contributed by atoms with van der Waals surface area (Å²) in [7, 11) is 0. The van der Waals surface area contributed by atoms with E-state index in [1.165, 1.54) is 6.08 Å². The van der Waals surface area contributed by atoms with Crippen LogP contribution in [0.3, 0.4) is 0 Å². The number of hydrogen-bond donors (Lipinski definition) is 0. The standard InChI is InChI=1S/C5H5.V/c1-3-5-4-2;/h1-5H;/q-1;/b5-3-;. The molecule has 0 heterocycles. The molecule has 31 valence electrons. The van der Waals surface area contributed by atoms with Gasteiger partial charge in [-0.05, 0) is 0 Å². The molecular weight excluding hydrogens is 111 g/mol. The van der Waals surface area contributed by atoms with Crippen molar-refractivity contribution in [1.82, 2.24) is 0 Å². The summed E-state index contributed by atoms with van der Waals surface area (Å²) in [5.74, 6) is 0. The molecule has 0 atom stereocenters. The SMILES string of the molecule is [CH-]=C/C=C\[CH]=[V]. The van der Waals surface area contributed by atoms with E-state index < -0.39 is 0 Å². The Morgan fingerprint density at radius 1 is 1.33 bits per heavy atom. The molecule has 0 aromatic carbocycles. The monoisotopic (exact) mass is 116 g/mol. The van der Waals surface area contributed by atoms with Gasteiger partial charge in [0, 0.05) is 0 Å². The fourth-order valence-corrected chi connectivity index (χ4v) is 0.269. The van der Waals surface area contributed by atoms with Crippen molar-refractivity contribution >= 4 is 4.73 Å². The van der Waals surface area contributed by atoms with E-state index in [0.717, 1.165) is 0 Å². The van der Waals surface area contributed by atoms with E-state index >= 15 is 0 Å². The average Bonchev–Trinajstić information content (AvgIpc) is 1.61. The van der Waals surface area contributed by atoms with Gasteiger partial charge in [0.15, 0.2) is 0 Å². The maximum absolute atomic E-state index is 4.98. The molecular formula is C5H5V-. The van der Waals surface area contributed by atoms with E-state index in [1.54, 1.807) is 6.08 Å². The van der Waals surface area contributed by atoms with E-state index in [1.807, 2.05) is 10.8 Å². The minimum absolute atomic E-state index is 1.49. The van der Waals surface area contributed by atoms with Crippen LogP contribution < -0.4 is 0 Å². The summed E-state index contributed by atoms with van der Waals surface area (Å²) >= 11 is 2.32. The summed E-state index contributed by atoms with van der Waals surface area (Å²) in [5.41, 5.74) is 0. The fourth-order valence-electron chi connectivity index (χ4n) is 0.114. The quantitative estimate of drug-likeness (QED) is 0.371. The molecule has 0 aromatic heterocycles. The third kappa shape index (κ3) is 3.93. The van der Waals surface area contributed by atoms with E-state index in [4.69, 9.17) is 6.58 Å². The molecule has 0 rings (SSSR count). The Morgan fingerprint density at radius 3 is 2.17 bits per heavy atom. The van der Waals surface area contributed by atoms with Crippen molar-refractivity contribution in [1.29, 1.82) is 0 Å². The van der Waals surface area contributed by atoms with E-state index in [9.17, 15) is 0 Å². The van der Waals surface area contributed by atoms with Crippen LogP contribution in [0.25, 0.3) is 0 Å². The van der Waals surface area contributed by atoms with E-state index in [0.29, 0.717) is 0 Å². The first-order chi connectivity index (χ1) is 2.91. The van der Waals surface area contributed by atoms with Crippen molar-refractivity contribution in [3.05, 3.63) is 24.8 Å². The summed E-state index contributed by atoms with van der Waals surface area (Å²) in [5, 5.41) is 0. The first kappa shape index (κ1) is 5.93. The van der Waals surface area contributed by atoms with Crippen LogP contribution in [0.15, 0.2) is 18.2 Å². The van der Waals surface area contributed by atoms with Gasteiger partial charge in [-0.3, -0.25) is 0 Å². The normalized spacial score (nSPS) is 8.50. The second-order valence-corrected chi connectivity index (χ2v) is 1.19. The van der Waals surface area contributed by atoms with Crippen LogP contribution in [0.5, 0.6) is 0 Å². The first-order valence-corrected chi connectivity index (χ1v) is 2.40. The number of rotatable bonds is 2. The molecule has 6 heavy (non-hydrogen) atoms. The van der Waals surface area contributed by atoms with Gasteiger partial charge in [0.2, 0.25) is 0 Å². The zero-order valence-corrected chi connectivity index (χ0v) is 4.73. The topological polar surface area (TPSA) is 0 Å². The first-order valence-electron chi connectivity index (χ1n) is 1.59. The zero-order valence-electron chi connectivity index (χ0n) is 3.33. The van der Waals surface area contributed by atoms with Gasteiger partial charge in [0.25, 0.3) is 0 Å². The second-order valence-electron chi connectivity index (χ2n) is 0.726. The molecule has 1 heteroatoms. The zero-order chi connectivity index (χ0) is 4.83. The predicted molar refractivity (Wildman–Crippen MR) is 24.1 cm³/mol. The predicted octanol–water partition coefficient (Wildman–Crippen LogP) is 0.881. The molecule has 0 spiro atoms. The molecule has 0 saturated heterocycles. The van der Waals surface area contributed by atoms with Gasteiger partial charge in [-0.2, -0.15) is 0 Å². The average molecular weight is 116 g/mol. The molecule has 0 radical (unpaired) electrons. The molecule has 0 aliphatic rings.